The van der Waals surface area contributed by atoms with E-state index in [9.17, 15) is 9.90 Å². The smallest absolute Gasteiger partial charge is 0.646 e. The molecule has 1 rings (SSSR count). The normalized spacial score (nSPS) is 11.9. The van der Waals surface area contributed by atoms with Crippen molar-refractivity contribution >= 4 is 5.97 Å². The number of aliphatic carboxylic acids is 1. The number of nitrogens with zero attached hydrogens (tertiary/aromatic N) is 1. The van der Waals surface area contributed by atoms with E-state index in [1.807, 2.05) is 13.8 Å². The molecule has 18 heavy (non-hydrogen) atoms. The maximum absolute atomic E-state index is 11.0. The summed E-state index contributed by atoms with van der Waals surface area (Å²) in [7, 11) is 0. The van der Waals surface area contributed by atoms with E-state index in [4.69, 9.17) is 5.11 Å². The van der Waals surface area contributed by atoms with Crippen LogP contribution < -0.4 is 0 Å². The van der Waals surface area contributed by atoms with Crippen molar-refractivity contribution in [2.24, 2.45) is 5.92 Å². The van der Waals surface area contributed by atoms with Crippen LogP contribution in [0.2, 0.25) is 0 Å². The van der Waals surface area contributed by atoms with Gasteiger partial charge in [-0.15, -0.1) is 6.54 Å². The Morgan fingerprint density at radius 3 is 2.44 bits per heavy atom. The third-order valence-corrected chi connectivity index (χ3v) is 2.45. The molecule has 0 spiro atoms. The van der Waals surface area contributed by atoms with Crippen LogP contribution in [0.5, 0.6) is 5.75 Å². The van der Waals surface area contributed by atoms with Gasteiger partial charge >= 0.3 is 17.1 Å². The molecule has 1 unspecified atom stereocenters. The van der Waals surface area contributed by atoms with Crippen molar-refractivity contribution in [3.63, 3.8) is 0 Å². The van der Waals surface area contributed by atoms with Gasteiger partial charge in [-0.2, -0.15) is 0 Å². The number of carbonyl (C=O) groups is 1. The first-order chi connectivity index (χ1) is 8.00. The third kappa shape index (κ3) is 5.54. The number of phenols is 1. The molecule has 104 valence electrons. The molecule has 0 saturated heterocycles. The predicted octanol–water partition coefficient (Wildman–Crippen LogP) is 2.76. The molecule has 4 nitrogen and oxygen atoms in total. The van der Waals surface area contributed by atoms with E-state index in [0.717, 1.165) is 0 Å². The van der Waals surface area contributed by atoms with Crippen molar-refractivity contribution in [1.29, 1.82) is 0 Å². The van der Waals surface area contributed by atoms with Gasteiger partial charge in [0.1, 0.15) is 5.75 Å². The Morgan fingerprint density at radius 2 is 1.94 bits per heavy atom. The number of hydrogen-bond acceptors (Lipinski definition) is 2. The summed E-state index contributed by atoms with van der Waals surface area (Å²) in [5, 5.41) is 22.7. The number of aromatic hydroxyl groups is 1. The fraction of sp³-hybridized carbons (Fsp3) is 0.462. The predicted molar refractivity (Wildman–Crippen MR) is 66.0 cm³/mol. The summed E-state index contributed by atoms with van der Waals surface area (Å²) in [4.78, 5) is 11.0. The average Bonchev–Trinajstić information content (AvgIpc) is 2.25. The number of para-hydroxylation sites is 1. The molecule has 0 heterocycles. The average molecular weight is 300 g/mol. The molecule has 0 aliphatic heterocycles. The van der Waals surface area contributed by atoms with E-state index < -0.39 is 12.0 Å². The molecule has 5 heteroatoms. The maximum atomic E-state index is 11.0. The zero-order valence-corrected chi connectivity index (χ0v) is 11.4. The molecule has 0 aromatic heterocycles. The van der Waals surface area contributed by atoms with Crippen molar-refractivity contribution < 1.29 is 32.1 Å². The van der Waals surface area contributed by atoms with Gasteiger partial charge in [-0.05, 0) is 23.6 Å². The molecule has 0 aliphatic carbocycles. The van der Waals surface area contributed by atoms with Gasteiger partial charge in [0.25, 0.3) is 5.97 Å². The molecular weight excluding hydrogens is 282 g/mol. The second-order valence-corrected chi connectivity index (χ2v) is 4.45. The molecular formula is C13H18CuNO3. The van der Waals surface area contributed by atoms with Gasteiger partial charge < -0.3 is 15.5 Å². The Labute approximate surface area is 118 Å². The van der Waals surface area contributed by atoms with Crippen molar-refractivity contribution in [2.75, 3.05) is 0 Å². The summed E-state index contributed by atoms with van der Waals surface area (Å²) >= 11 is 0. The standard InChI is InChI=1S/C13H18NO3.Cu/c1-9(2)7-11(13(16)17)14-8-10-5-3-4-6-12(10)15;/h3-6,9,11,15H,7-8H2,1-2H3,(H,16,17);/q-1;+1. The summed E-state index contributed by atoms with van der Waals surface area (Å²) in [5.74, 6) is -0.469. The Morgan fingerprint density at radius 1 is 1.33 bits per heavy atom. The van der Waals surface area contributed by atoms with Crippen LogP contribution >= 0.6 is 0 Å². The first-order valence-corrected chi connectivity index (χ1v) is 5.67. The summed E-state index contributed by atoms with van der Waals surface area (Å²) in [6.45, 7) is 4.16. The van der Waals surface area contributed by atoms with E-state index in [-0.39, 0.29) is 35.3 Å². The number of rotatable bonds is 6. The number of carboxylic acids is 1. The summed E-state index contributed by atoms with van der Waals surface area (Å²) in [6.07, 6.45) is 0.517. The number of benzene rings is 1. The van der Waals surface area contributed by atoms with Crippen molar-refractivity contribution in [1.82, 2.24) is 0 Å². The summed E-state index contributed by atoms with van der Waals surface area (Å²) < 4.78 is 0. The van der Waals surface area contributed by atoms with Gasteiger partial charge in [0.2, 0.25) is 0 Å². The van der Waals surface area contributed by atoms with Crippen LogP contribution in [-0.2, 0) is 28.4 Å². The van der Waals surface area contributed by atoms with Gasteiger partial charge in [0.15, 0.2) is 0 Å². The van der Waals surface area contributed by atoms with Gasteiger partial charge in [-0.25, -0.2) is 0 Å². The maximum Gasteiger partial charge on any atom is 1.00 e. The molecule has 0 aliphatic rings. The second-order valence-electron chi connectivity index (χ2n) is 4.45. The van der Waals surface area contributed by atoms with Crippen LogP contribution in [-0.4, -0.2) is 22.2 Å². The molecule has 0 fully saturated rings. The zero-order chi connectivity index (χ0) is 12.8. The molecule has 1 atom stereocenters. The molecule has 0 radical (unpaired) electrons. The zero-order valence-electron chi connectivity index (χ0n) is 10.4. The van der Waals surface area contributed by atoms with Gasteiger partial charge in [0, 0.05) is 0 Å². The first kappa shape index (κ1) is 17.0. The largest absolute Gasteiger partial charge is 1.00 e. The van der Waals surface area contributed by atoms with Crippen LogP contribution in [0.25, 0.3) is 5.32 Å². The van der Waals surface area contributed by atoms with Crippen LogP contribution in [0.1, 0.15) is 25.8 Å². The van der Waals surface area contributed by atoms with E-state index >= 15 is 0 Å². The number of hydrogen-bond donors (Lipinski definition) is 2. The third-order valence-electron chi connectivity index (χ3n) is 2.45. The van der Waals surface area contributed by atoms with Crippen LogP contribution in [0.4, 0.5) is 0 Å². The fourth-order valence-corrected chi connectivity index (χ4v) is 1.55. The fourth-order valence-electron chi connectivity index (χ4n) is 1.55. The molecule has 1 aromatic carbocycles. The summed E-state index contributed by atoms with van der Waals surface area (Å²) in [5.41, 5.74) is 0.655. The van der Waals surface area contributed by atoms with Crippen molar-refractivity contribution in [2.45, 2.75) is 32.9 Å². The molecule has 0 bridgehead atoms. The Hall–Kier alpha value is -1.03. The Kier molecular flexibility index (Phi) is 7.67. The first-order valence-electron chi connectivity index (χ1n) is 5.67. The topological polar surface area (TPSA) is 71.6 Å². The SMILES string of the molecule is CC(C)CC([N-]Cc1ccccc1O)C(=O)O.[Cu+]. The van der Waals surface area contributed by atoms with Crippen LogP contribution in [0, 0.1) is 5.92 Å². The van der Waals surface area contributed by atoms with E-state index in [1.54, 1.807) is 24.3 Å². The molecule has 2 N–H and O–H groups in total. The minimum Gasteiger partial charge on any atom is -0.646 e. The van der Waals surface area contributed by atoms with Crippen molar-refractivity contribution in [3.8, 4) is 5.75 Å². The molecule has 0 saturated carbocycles. The molecule has 1 aromatic rings. The molecule has 0 amide bonds. The van der Waals surface area contributed by atoms with Crippen LogP contribution in [0.3, 0.4) is 0 Å². The van der Waals surface area contributed by atoms with E-state index in [1.165, 1.54) is 0 Å². The number of carboxylic acid groups (broad SMARTS) is 1. The minimum atomic E-state index is -0.908. The van der Waals surface area contributed by atoms with Crippen molar-refractivity contribution in [3.05, 3.63) is 35.1 Å². The van der Waals surface area contributed by atoms with E-state index in [0.29, 0.717) is 12.0 Å². The Bertz CT molecular complexity index is 382. The second kappa shape index (κ2) is 8.14. The van der Waals surface area contributed by atoms with Gasteiger partial charge in [-0.3, -0.25) is 4.79 Å². The number of phenolic OH excluding ortho intramolecular Hbond substituents is 1. The Balaban J connectivity index is 0.00000289. The minimum absolute atomic E-state index is 0. The van der Waals surface area contributed by atoms with Gasteiger partial charge in [-0.1, -0.05) is 38.5 Å². The van der Waals surface area contributed by atoms with Crippen LogP contribution in [0.15, 0.2) is 24.3 Å². The van der Waals surface area contributed by atoms with E-state index in [2.05, 4.69) is 5.32 Å². The quantitative estimate of drug-likeness (QED) is 0.793. The summed E-state index contributed by atoms with van der Waals surface area (Å²) in [6, 6.07) is 6.13. The van der Waals surface area contributed by atoms with Gasteiger partial charge in [0.05, 0.1) is 0 Å². The monoisotopic (exact) mass is 299 g/mol.